The SMILES string of the molecule is CC1CC(CN)CN1C(=O)c1cn[nH]c1-c1ccc(F)cc1.Cl. The Morgan fingerprint density at radius 3 is 2.74 bits per heavy atom. The van der Waals surface area contributed by atoms with Crippen LogP contribution in [-0.2, 0) is 0 Å². The molecule has 1 saturated heterocycles. The van der Waals surface area contributed by atoms with Gasteiger partial charge < -0.3 is 10.6 Å². The molecule has 0 saturated carbocycles. The first-order valence-electron chi connectivity index (χ1n) is 7.40. The zero-order valence-corrected chi connectivity index (χ0v) is 13.6. The maximum atomic E-state index is 13.1. The lowest BCUT2D eigenvalue weighted by molar-refractivity contribution is 0.0744. The van der Waals surface area contributed by atoms with Gasteiger partial charge in [-0.25, -0.2) is 4.39 Å². The Balaban J connectivity index is 0.00000192. The molecule has 2 unspecified atom stereocenters. The number of aromatic nitrogens is 2. The highest BCUT2D eigenvalue weighted by molar-refractivity contribution is 6.00. The predicted octanol–water partition coefficient (Wildman–Crippen LogP) is 2.45. The molecule has 0 spiro atoms. The van der Waals surface area contributed by atoms with E-state index in [2.05, 4.69) is 10.2 Å². The van der Waals surface area contributed by atoms with E-state index >= 15 is 0 Å². The number of amides is 1. The van der Waals surface area contributed by atoms with Crippen molar-refractivity contribution in [3.63, 3.8) is 0 Å². The molecule has 1 amide bonds. The minimum absolute atomic E-state index is 0. The summed E-state index contributed by atoms with van der Waals surface area (Å²) >= 11 is 0. The van der Waals surface area contributed by atoms with Crippen molar-refractivity contribution >= 4 is 18.3 Å². The molecule has 1 aliphatic heterocycles. The molecule has 2 atom stereocenters. The average Bonchev–Trinajstić information content (AvgIpc) is 3.14. The van der Waals surface area contributed by atoms with Gasteiger partial charge in [-0.3, -0.25) is 9.89 Å². The summed E-state index contributed by atoms with van der Waals surface area (Å²) in [6, 6.07) is 6.17. The zero-order chi connectivity index (χ0) is 15.7. The van der Waals surface area contributed by atoms with E-state index in [9.17, 15) is 9.18 Å². The van der Waals surface area contributed by atoms with Crippen LogP contribution in [0.15, 0.2) is 30.5 Å². The smallest absolute Gasteiger partial charge is 0.257 e. The first kappa shape index (κ1) is 17.4. The van der Waals surface area contributed by atoms with Crippen LogP contribution in [0.4, 0.5) is 4.39 Å². The molecular formula is C16H20ClFN4O. The van der Waals surface area contributed by atoms with Gasteiger partial charge in [-0.2, -0.15) is 5.10 Å². The third-order valence-corrected chi connectivity index (χ3v) is 4.26. The van der Waals surface area contributed by atoms with Gasteiger partial charge in [-0.1, -0.05) is 0 Å². The fourth-order valence-electron chi connectivity index (χ4n) is 3.04. The Hall–Kier alpha value is -1.92. The molecule has 1 fully saturated rings. The van der Waals surface area contributed by atoms with Crippen molar-refractivity contribution in [3.8, 4) is 11.3 Å². The number of hydrogen-bond donors (Lipinski definition) is 2. The maximum Gasteiger partial charge on any atom is 0.257 e. The molecule has 23 heavy (non-hydrogen) atoms. The fraction of sp³-hybridized carbons (Fsp3) is 0.375. The number of hydrogen-bond acceptors (Lipinski definition) is 3. The van der Waals surface area contributed by atoms with Crippen molar-refractivity contribution in [3.05, 3.63) is 41.8 Å². The van der Waals surface area contributed by atoms with E-state index in [-0.39, 0.29) is 30.2 Å². The van der Waals surface area contributed by atoms with Crippen LogP contribution in [0.3, 0.4) is 0 Å². The second kappa shape index (κ2) is 7.10. The number of rotatable bonds is 3. The third-order valence-electron chi connectivity index (χ3n) is 4.26. The molecule has 3 rings (SSSR count). The summed E-state index contributed by atoms with van der Waals surface area (Å²) in [5.74, 6) is -0.0215. The lowest BCUT2D eigenvalue weighted by atomic mass is 10.1. The van der Waals surface area contributed by atoms with Crippen molar-refractivity contribution in [1.82, 2.24) is 15.1 Å². The highest BCUT2D eigenvalue weighted by Crippen LogP contribution is 2.28. The number of carbonyl (C=O) groups excluding carboxylic acids is 1. The molecule has 0 bridgehead atoms. The standard InChI is InChI=1S/C16H19FN4O.ClH/c1-10-6-11(7-18)9-21(10)16(22)14-8-19-20-15(14)12-2-4-13(17)5-3-12;/h2-5,8,10-11H,6-7,9,18H2,1H3,(H,19,20);1H. The monoisotopic (exact) mass is 338 g/mol. The van der Waals surface area contributed by atoms with Gasteiger partial charge >= 0.3 is 0 Å². The first-order chi connectivity index (χ1) is 10.6. The average molecular weight is 339 g/mol. The number of H-pyrrole nitrogens is 1. The molecule has 3 N–H and O–H groups in total. The third kappa shape index (κ3) is 3.38. The number of nitrogens with zero attached hydrogens (tertiary/aromatic N) is 2. The number of benzene rings is 1. The van der Waals surface area contributed by atoms with E-state index in [1.54, 1.807) is 12.1 Å². The lowest BCUT2D eigenvalue weighted by Gasteiger charge is -2.21. The number of likely N-dealkylation sites (tertiary alicyclic amines) is 1. The summed E-state index contributed by atoms with van der Waals surface area (Å²) in [6.45, 7) is 3.29. The predicted molar refractivity (Wildman–Crippen MR) is 88.9 cm³/mol. The van der Waals surface area contributed by atoms with Crippen LogP contribution < -0.4 is 5.73 Å². The van der Waals surface area contributed by atoms with Crippen molar-refractivity contribution in [2.24, 2.45) is 11.7 Å². The highest BCUT2D eigenvalue weighted by Gasteiger charge is 2.33. The first-order valence-corrected chi connectivity index (χ1v) is 7.40. The van der Waals surface area contributed by atoms with Crippen LogP contribution in [0.5, 0.6) is 0 Å². The molecule has 1 aromatic carbocycles. The van der Waals surface area contributed by atoms with Crippen LogP contribution in [0, 0.1) is 11.7 Å². The summed E-state index contributed by atoms with van der Waals surface area (Å²) in [4.78, 5) is 14.6. The van der Waals surface area contributed by atoms with Gasteiger partial charge in [0.2, 0.25) is 0 Å². The van der Waals surface area contributed by atoms with Crippen LogP contribution in [0.25, 0.3) is 11.3 Å². The van der Waals surface area contributed by atoms with E-state index < -0.39 is 0 Å². The Morgan fingerprint density at radius 2 is 2.13 bits per heavy atom. The molecule has 2 aromatic rings. The second-order valence-electron chi connectivity index (χ2n) is 5.81. The number of nitrogens with two attached hydrogens (primary N) is 1. The van der Waals surface area contributed by atoms with Crippen LogP contribution in [-0.4, -0.2) is 40.1 Å². The van der Waals surface area contributed by atoms with E-state index in [1.165, 1.54) is 18.3 Å². The minimum atomic E-state index is -0.310. The maximum absolute atomic E-state index is 13.1. The van der Waals surface area contributed by atoms with Gasteiger partial charge in [0.05, 0.1) is 17.5 Å². The van der Waals surface area contributed by atoms with Gasteiger partial charge in [0.25, 0.3) is 5.91 Å². The molecule has 0 radical (unpaired) electrons. The second-order valence-corrected chi connectivity index (χ2v) is 5.81. The fourth-order valence-corrected chi connectivity index (χ4v) is 3.04. The van der Waals surface area contributed by atoms with Gasteiger partial charge in [-0.15, -0.1) is 12.4 Å². The number of nitrogens with one attached hydrogen (secondary N) is 1. The topological polar surface area (TPSA) is 75.0 Å². The summed E-state index contributed by atoms with van der Waals surface area (Å²) < 4.78 is 13.1. The Labute approximate surface area is 140 Å². The summed E-state index contributed by atoms with van der Waals surface area (Å²) in [5, 5.41) is 6.83. The van der Waals surface area contributed by atoms with Crippen molar-refractivity contribution in [1.29, 1.82) is 0 Å². The molecule has 0 aliphatic carbocycles. The number of aromatic amines is 1. The Kier molecular flexibility index (Phi) is 5.38. The lowest BCUT2D eigenvalue weighted by Crippen LogP contribution is -2.34. The van der Waals surface area contributed by atoms with E-state index in [1.807, 2.05) is 11.8 Å². The normalized spacial score (nSPS) is 20.4. The summed E-state index contributed by atoms with van der Waals surface area (Å²) in [7, 11) is 0. The van der Waals surface area contributed by atoms with Gasteiger partial charge in [0.1, 0.15) is 5.82 Å². The Morgan fingerprint density at radius 1 is 1.43 bits per heavy atom. The van der Waals surface area contributed by atoms with Gasteiger partial charge in [-0.05, 0) is 50.1 Å². The van der Waals surface area contributed by atoms with E-state index in [4.69, 9.17) is 5.73 Å². The van der Waals surface area contributed by atoms with Crippen LogP contribution >= 0.6 is 12.4 Å². The van der Waals surface area contributed by atoms with Gasteiger partial charge in [0.15, 0.2) is 0 Å². The van der Waals surface area contributed by atoms with Crippen LogP contribution in [0.1, 0.15) is 23.7 Å². The molecule has 1 aromatic heterocycles. The zero-order valence-electron chi connectivity index (χ0n) is 12.8. The molecule has 7 heteroatoms. The van der Waals surface area contributed by atoms with Crippen molar-refractivity contribution < 1.29 is 9.18 Å². The quantitative estimate of drug-likeness (QED) is 0.902. The molecule has 5 nitrogen and oxygen atoms in total. The van der Waals surface area contributed by atoms with E-state index in [0.29, 0.717) is 30.3 Å². The minimum Gasteiger partial charge on any atom is -0.335 e. The van der Waals surface area contributed by atoms with Crippen molar-refractivity contribution in [2.45, 2.75) is 19.4 Å². The summed E-state index contributed by atoms with van der Waals surface area (Å²) in [6.07, 6.45) is 2.45. The van der Waals surface area contributed by atoms with E-state index in [0.717, 1.165) is 12.0 Å². The Bertz CT molecular complexity index is 673. The number of carbonyl (C=O) groups is 1. The highest BCUT2D eigenvalue weighted by atomic mass is 35.5. The molecular weight excluding hydrogens is 319 g/mol. The number of halogens is 2. The van der Waals surface area contributed by atoms with Crippen LogP contribution in [0.2, 0.25) is 0 Å². The largest absolute Gasteiger partial charge is 0.335 e. The summed E-state index contributed by atoms with van der Waals surface area (Å²) in [5.41, 5.74) is 7.59. The molecule has 2 heterocycles. The molecule has 1 aliphatic rings. The van der Waals surface area contributed by atoms with Crippen molar-refractivity contribution in [2.75, 3.05) is 13.1 Å². The molecule has 124 valence electrons. The van der Waals surface area contributed by atoms with Gasteiger partial charge in [0, 0.05) is 18.2 Å².